The third-order valence-corrected chi connectivity index (χ3v) is 3.48. The van der Waals surface area contributed by atoms with Crippen LogP contribution in [0.4, 0.5) is 5.69 Å². The van der Waals surface area contributed by atoms with E-state index in [1.807, 2.05) is 30.3 Å². The van der Waals surface area contributed by atoms with E-state index < -0.39 is 10.9 Å². The summed E-state index contributed by atoms with van der Waals surface area (Å²) in [6.45, 7) is 0. The number of aromatic nitrogens is 1. The molecule has 1 aromatic heterocycles. The quantitative estimate of drug-likeness (QED) is 0.289. The number of carbonyl (C=O) groups is 1. The first-order valence-electron chi connectivity index (χ1n) is 7.60. The van der Waals surface area contributed by atoms with Gasteiger partial charge in [0.05, 0.1) is 30.2 Å². The highest BCUT2D eigenvalue weighted by atomic mass is 16.6. The zero-order chi connectivity index (χ0) is 18.5. The van der Waals surface area contributed by atoms with E-state index in [1.165, 1.54) is 25.5 Å². The highest BCUT2D eigenvalue weighted by Crippen LogP contribution is 2.31. The fourth-order valence-electron chi connectivity index (χ4n) is 2.27. The smallest absolute Gasteiger partial charge is 0.317 e. The third kappa shape index (κ3) is 3.86. The second kappa shape index (κ2) is 7.47. The molecule has 0 radical (unpaired) electrons. The maximum atomic E-state index is 12.1. The monoisotopic (exact) mass is 354 g/mol. The van der Waals surface area contributed by atoms with Gasteiger partial charge in [-0.05, 0) is 18.2 Å². The number of hydrogen-bond donors (Lipinski definition) is 0. The van der Waals surface area contributed by atoms with Gasteiger partial charge in [-0.15, -0.1) is 0 Å². The van der Waals surface area contributed by atoms with E-state index in [0.29, 0.717) is 11.6 Å². The summed E-state index contributed by atoms with van der Waals surface area (Å²) in [5, 5.41) is 10.9. The molecule has 0 spiro atoms. The Balaban J connectivity index is 1.73. The van der Waals surface area contributed by atoms with Gasteiger partial charge in [-0.25, -0.2) is 4.98 Å². The number of nitro groups is 1. The van der Waals surface area contributed by atoms with Crippen molar-refractivity contribution in [2.24, 2.45) is 0 Å². The average molecular weight is 354 g/mol. The lowest BCUT2D eigenvalue weighted by atomic mass is 10.2. The fourth-order valence-corrected chi connectivity index (χ4v) is 2.27. The Morgan fingerprint density at radius 3 is 2.65 bits per heavy atom. The summed E-state index contributed by atoms with van der Waals surface area (Å²) >= 11 is 0. The van der Waals surface area contributed by atoms with Gasteiger partial charge in [0.25, 0.3) is 5.69 Å². The number of benzene rings is 2. The molecule has 0 aliphatic heterocycles. The summed E-state index contributed by atoms with van der Waals surface area (Å²) in [6, 6.07) is 13.0. The molecular formula is C18H14N2O6. The Morgan fingerprint density at radius 2 is 1.96 bits per heavy atom. The number of hydrogen-bond acceptors (Lipinski definition) is 7. The molecule has 0 N–H and O–H groups in total. The van der Waals surface area contributed by atoms with Crippen LogP contribution in [0.2, 0.25) is 0 Å². The van der Waals surface area contributed by atoms with Crippen molar-refractivity contribution in [1.29, 1.82) is 0 Å². The van der Waals surface area contributed by atoms with Gasteiger partial charge in [-0.2, -0.15) is 0 Å². The van der Waals surface area contributed by atoms with Gasteiger partial charge >= 0.3 is 5.97 Å². The molecule has 0 amide bonds. The SMILES string of the molecule is COc1ccc([N+](=O)[O-])cc1OC(=O)Cc1coc(-c2ccccc2)n1. The van der Waals surface area contributed by atoms with Crippen LogP contribution in [-0.4, -0.2) is 23.0 Å². The van der Waals surface area contributed by atoms with Gasteiger partial charge in [0.2, 0.25) is 5.89 Å². The summed E-state index contributed by atoms with van der Waals surface area (Å²) in [4.78, 5) is 26.7. The van der Waals surface area contributed by atoms with E-state index in [0.717, 1.165) is 11.6 Å². The second-order valence-corrected chi connectivity index (χ2v) is 5.25. The Bertz CT molecular complexity index is 936. The number of rotatable bonds is 6. The Labute approximate surface area is 148 Å². The van der Waals surface area contributed by atoms with Gasteiger partial charge in [0.15, 0.2) is 11.5 Å². The van der Waals surface area contributed by atoms with Crippen LogP contribution in [0.25, 0.3) is 11.5 Å². The molecule has 0 saturated carbocycles. The minimum Gasteiger partial charge on any atom is -0.493 e. The molecule has 0 aliphatic rings. The Hall–Kier alpha value is -3.68. The van der Waals surface area contributed by atoms with Crippen LogP contribution >= 0.6 is 0 Å². The van der Waals surface area contributed by atoms with Crippen LogP contribution < -0.4 is 9.47 Å². The largest absolute Gasteiger partial charge is 0.493 e. The number of carbonyl (C=O) groups excluding carboxylic acids is 1. The molecule has 0 fully saturated rings. The van der Waals surface area contributed by atoms with E-state index in [2.05, 4.69) is 4.98 Å². The van der Waals surface area contributed by atoms with E-state index in [9.17, 15) is 14.9 Å². The fraction of sp³-hybridized carbons (Fsp3) is 0.111. The van der Waals surface area contributed by atoms with E-state index in [4.69, 9.17) is 13.9 Å². The normalized spacial score (nSPS) is 10.3. The molecule has 0 atom stereocenters. The number of ether oxygens (including phenoxy) is 2. The number of esters is 1. The summed E-state index contributed by atoms with van der Waals surface area (Å²) in [7, 11) is 1.38. The standard InChI is InChI=1S/C18H14N2O6/c1-24-15-8-7-14(20(22)23)10-16(15)26-17(21)9-13-11-25-18(19-13)12-5-3-2-4-6-12/h2-8,10-11H,9H2,1H3. The molecule has 3 aromatic rings. The number of oxazole rings is 1. The summed E-state index contributed by atoms with van der Waals surface area (Å²) in [6.07, 6.45) is 1.22. The summed E-state index contributed by atoms with van der Waals surface area (Å²) < 4.78 is 15.6. The van der Waals surface area contributed by atoms with Crippen molar-refractivity contribution < 1.29 is 23.6 Å². The molecular weight excluding hydrogens is 340 g/mol. The molecule has 8 heteroatoms. The van der Waals surface area contributed by atoms with Crippen molar-refractivity contribution in [2.45, 2.75) is 6.42 Å². The number of non-ortho nitro benzene ring substituents is 1. The van der Waals surface area contributed by atoms with Gasteiger partial charge in [0.1, 0.15) is 6.26 Å². The second-order valence-electron chi connectivity index (χ2n) is 5.25. The van der Waals surface area contributed by atoms with Crippen molar-refractivity contribution in [3.63, 3.8) is 0 Å². The molecule has 0 bridgehead atoms. The van der Waals surface area contributed by atoms with Crippen molar-refractivity contribution >= 4 is 11.7 Å². The minimum absolute atomic E-state index is 0.0292. The van der Waals surface area contributed by atoms with Crippen LogP contribution in [-0.2, 0) is 11.2 Å². The zero-order valence-corrected chi connectivity index (χ0v) is 13.7. The molecule has 1 heterocycles. The van der Waals surface area contributed by atoms with E-state index >= 15 is 0 Å². The van der Waals surface area contributed by atoms with Crippen LogP contribution in [0.5, 0.6) is 11.5 Å². The predicted octanol–water partition coefficient (Wildman–Crippen LogP) is 3.41. The molecule has 0 saturated heterocycles. The molecule has 132 valence electrons. The van der Waals surface area contributed by atoms with Gasteiger partial charge in [0, 0.05) is 11.6 Å². The van der Waals surface area contributed by atoms with Crippen molar-refractivity contribution in [2.75, 3.05) is 7.11 Å². The molecule has 26 heavy (non-hydrogen) atoms. The van der Waals surface area contributed by atoms with Crippen LogP contribution in [0.1, 0.15) is 5.69 Å². The maximum Gasteiger partial charge on any atom is 0.317 e. The van der Waals surface area contributed by atoms with Crippen molar-refractivity contribution in [3.05, 3.63) is 70.6 Å². The van der Waals surface area contributed by atoms with Gasteiger partial charge < -0.3 is 13.9 Å². The molecule has 0 unspecified atom stereocenters. The molecule has 8 nitrogen and oxygen atoms in total. The Morgan fingerprint density at radius 1 is 1.19 bits per heavy atom. The third-order valence-electron chi connectivity index (χ3n) is 3.48. The van der Waals surface area contributed by atoms with Gasteiger partial charge in [-0.3, -0.25) is 14.9 Å². The predicted molar refractivity (Wildman–Crippen MR) is 90.9 cm³/mol. The summed E-state index contributed by atoms with van der Waals surface area (Å²) in [5.74, 6) is -0.0643. The number of nitrogens with zero attached hydrogens (tertiary/aromatic N) is 2. The highest BCUT2D eigenvalue weighted by molar-refractivity contribution is 5.76. The zero-order valence-electron chi connectivity index (χ0n) is 13.7. The van der Waals surface area contributed by atoms with Crippen LogP contribution in [0.3, 0.4) is 0 Å². The van der Waals surface area contributed by atoms with E-state index in [-0.39, 0.29) is 23.6 Å². The van der Waals surface area contributed by atoms with Crippen molar-refractivity contribution in [3.8, 4) is 23.0 Å². The van der Waals surface area contributed by atoms with E-state index in [1.54, 1.807) is 0 Å². The van der Waals surface area contributed by atoms with Crippen LogP contribution in [0, 0.1) is 10.1 Å². The maximum absolute atomic E-state index is 12.1. The molecule has 2 aromatic carbocycles. The van der Waals surface area contributed by atoms with Gasteiger partial charge in [-0.1, -0.05) is 18.2 Å². The number of methoxy groups -OCH3 is 1. The summed E-state index contributed by atoms with van der Waals surface area (Å²) in [5.41, 5.74) is 0.965. The highest BCUT2D eigenvalue weighted by Gasteiger charge is 2.17. The first-order valence-corrected chi connectivity index (χ1v) is 7.60. The van der Waals surface area contributed by atoms with Crippen molar-refractivity contribution in [1.82, 2.24) is 4.98 Å². The average Bonchev–Trinajstić information content (AvgIpc) is 3.10. The minimum atomic E-state index is -0.642. The molecule has 3 rings (SSSR count). The molecule has 0 aliphatic carbocycles. The Kier molecular flexibility index (Phi) is 4.93. The lowest BCUT2D eigenvalue weighted by Gasteiger charge is -2.08. The number of nitro benzene ring substituents is 1. The first-order chi connectivity index (χ1) is 12.6. The first kappa shape index (κ1) is 17.2. The topological polar surface area (TPSA) is 105 Å². The van der Waals surface area contributed by atoms with Crippen LogP contribution in [0.15, 0.2) is 59.2 Å². The lowest BCUT2D eigenvalue weighted by molar-refractivity contribution is -0.384. The lowest BCUT2D eigenvalue weighted by Crippen LogP contribution is -2.12.